The molecule has 4 heteroatoms. The van der Waals surface area contributed by atoms with Crippen LogP contribution in [0.4, 0.5) is 0 Å². The van der Waals surface area contributed by atoms with Crippen molar-refractivity contribution in [3.63, 3.8) is 0 Å². The Labute approximate surface area is 241 Å². The summed E-state index contributed by atoms with van der Waals surface area (Å²) in [5.41, 5.74) is 7.79. The number of nitrogens with zero attached hydrogens (tertiary/aromatic N) is 4. The summed E-state index contributed by atoms with van der Waals surface area (Å²) in [7, 11) is 0. The Kier molecular flexibility index (Phi) is 4.87. The third-order valence-electron chi connectivity index (χ3n) is 8.38. The van der Waals surface area contributed by atoms with Crippen LogP contribution < -0.4 is 0 Å². The van der Waals surface area contributed by atoms with Crippen molar-refractivity contribution < 1.29 is 0 Å². The molecule has 4 aromatic heterocycles. The van der Waals surface area contributed by atoms with Gasteiger partial charge in [0.25, 0.3) is 0 Å². The number of pyridine rings is 2. The zero-order valence-corrected chi connectivity index (χ0v) is 22.6. The van der Waals surface area contributed by atoms with Gasteiger partial charge >= 0.3 is 0 Å². The molecule has 0 atom stereocenters. The van der Waals surface area contributed by atoms with Crippen LogP contribution in [-0.4, -0.2) is 19.1 Å². The second kappa shape index (κ2) is 8.88. The van der Waals surface area contributed by atoms with E-state index < -0.39 is 0 Å². The summed E-state index contributed by atoms with van der Waals surface area (Å²) in [5, 5.41) is 7.38. The Morgan fingerprint density at radius 3 is 2.05 bits per heavy atom. The van der Waals surface area contributed by atoms with Gasteiger partial charge in [0.05, 0.1) is 27.8 Å². The second-order valence-electron chi connectivity index (χ2n) is 10.7. The minimum atomic E-state index is 0.890. The number of hydrogen-bond donors (Lipinski definition) is 0. The Bertz CT molecular complexity index is 2450. The van der Waals surface area contributed by atoms with E-state index in [0.717, 1.165) is 33.8 Å². The molecule has 0 aliphatic heterocycles. The van der Waals surface area contributed by atoms with E-state index in [-0.39, 0.29) is 0 Å². The van der Waals surface area contributed by atoms with Crippen LogP contribution in [0, 0.1) is 0 Å². The van der Waals surface area contributed by atoms with Crippen LogP contribution in [0.15, 0.2) is 146 Å². The highest BCUT2D eigenvalue weighted by Gasteiger charge is 2.19. The monoisotopic (exact) mass is 536 g/mol. The first-order valence-corrected chi connectivity index (χ1v) is 14.2. The van der Waals surface area contributed by atoms with Gasteiger partial charge in [-0.1, -0.05) is 72.8 Å². The maximum Gasteiger partial charge on any atom is 0.138 e. The quantitative estimate of drug-likeness (QED) is 0.225. The van der Waals surface area contributed by atoms with Crippen molar-refractivity contribution in [2.45, 2.75) is 0 Å². The number of aromatic nitrogens is 4. The molecule has 0 unspecified atom stereocenters. The predicted molar refractivity (Wildman–Crippen MR) is 174 cm³/mol. The van der Waals surface area contributed by atoms with E-state index in [0.29, 0.717) is 0 Å². The third-order valence-corrected chi connectivity index (χ3v) is 8.38. The number of para-hydroxylation sites is 3. The van der Waals surface area contributed by atoms with E-state index in [1.54, 1.807) is 6.20 Å². The summed E-state index contributed by atoms with van der Waals surface area (Å²) in [6.45, 7) is 0. The minimum absolute atomic E-state index is 0.890. The molecule has 0 fully saturated rings. The van der Waals surface area contributed by atoms with E-state index in [1.807, 2.05) is 18.3 Å². The van der Waals surface area contributed by atoms with Crippen LogP contribution >= 0.6 is 0 Å². The molecule has 0 aliphatic carbocycles. The largest absolute Gasteiger partial charge is 0.309 e. The van der Waals surface area contributed by atoms with Gasteiger partial charge in [-0.25, -0.2) is 4.98 Å². The van der Waals surface area contributed by atoms with Crippen molar-refractivity contribution in [2.75, 3.05) is 0 Å². The SMILES string of the molecule is c1ccc(-n2c3ccccc3c3ccc4cc5c(cc4c32)c2ccccc2n5-c2cccc(-c3cccnc3)n2)cc1. The van der Waals surface area contributed by atoms with Gasteiger partial charge in [-0.05, 0) is 66.0 Å². The van der Waals surface area contributed by atoms with Crippen LogP contribution in [0.2, 0.25) is 0 Å². The highest BCUT2D eigenvalue weighted by atomic mass is 15.1. The molecule has 9 aromatic rings. The summed E-state index contributed by atoms with van der Waals surface area (Å²) in [6.07, 6.45) is 3.65. The molecule has 0 saturated carbocycles. The number of hydrogen-bond acceptors (Lipinski definition) is 2. The fourth-order valence-corrected chi connectivity index (χ4v) is 6.56. The van der Waals surface area contributed by atoms with Crippen LogP contribution in [-0.2, 0) is 0 Å². The van der Waals surface area contributed by atoms with Crippen LogP contribution in [0.5, 0.6) is 0 Å². The van der Waals surface area contributed by atoms with Gasteiger partial charge in [-0.2, -0.15) is 0 Å². The molecular formula is C38H24N4. The smallest absolute Gasteiger partial charge is 0.138 e. The normalized spacial score (nSPS) is 11.8. The van der Waals surface area contributed by atoms with Crippen molar-refractivity contribution >= 4 is 54.4 Å². The molecule has 0 aliphatic rings. The molecule has 0 radical (unpaired) electrons. The molecular weight excluding hydrogens is 512 g/mol. The standard InChI is InChI=1S/C38H24N4/c1-2-11-27(12-3-1)41-34-16-6-4-13-28(34)30-20-19-25-22-36-32(23-31(25)38(30)41)29-14-5-7-17-35(29)42(36)37-18-8-15-33(40-37)26-10-9-21-39-24-26/h1-24H. The molecule has 196 valence electrons. The topological polar surface area (TPSA) is 35.6 Å². The molecule has 0 amide bonds. The first-order chi connectivity index (χ1) is 20.8. The highest BCUT2D eigenvalue weighted by Crippen LogP contribution is 2.40. The van der Waals surface area contributed by atoms with Crippen LogP contribution in [0.25, 0.3) is 77.1 Å². The first-order valence-electron chi connectivity index (χ1n) is 14.2. The van der Waals surface area contributed by atoms with Gasteiger partial charge < -0.3 is 4.57 Å². The molecule has 0 N–H and O–H groups in total. The highest BCUT2D eigenvalue weighted by molar-refractivity contribution is 6.22. The Morgan fingerprint density at radius 1 is 0.476 bits per heavy atom. The molecule has 9 rings (SSSR count). The average Bonchev–Trinajstić information content (AvgIpc) is 3.57. The average molecular weight is 537 g/mol. The van der Waals surface area contributed by atoms with Crippen LogP contribution in [0.3, 0.4) is 0 Å². The first kappa shape index (κ1) is 23.0. The molecule has 0 bridgehead atoms. The van der Waals surface area contributed by atoms with Crippen molar-refractivity contribution in [1.82, 2.24) is 19.1 Å². The van der Waals surface area contributed by atoms with Crippen molar-refractivity contribution in [1.29, 1.82) is 0 Å². The molecule has 4 heterocycles. The Morgan fingerprint density at radius 2 is 1.24 bits per heavy atom. The molecule has 0 spiro atoms. The van der Waals surface area contributed by atoms with E-state index >= 15 is 0 Å². The van der Waals surface area contributed by atoms with Gasteiger partial charge in [-0.15, -0.1) is 0 Å². The Hall–Kier alpha value is -5.74. The summed E-state index contributed by atoms with van der Waals surface area (Å²) < 4.78 is 4.71. The van der Waals surface area contributed by atoms with Crippen molar-refractivity contribution in [2.24, 2.45) is 0 Å². The Balaban J connectivity index is 1.40. The second-order valence-corrected chi connectivity index (χ2v) is 10.7. The summed E-state index contributed by atoms with van der Waals surface area (Å²) in [5.74, 6) is 0.890. The zero-order valence-electron chi connectivity index (χ0n) is 22.6. The fourth-order valence-electron chi connectivity index (χ4n) is 6.56. The lowest BCUT2D eigenvalue weighted by atomic mass is 10.0. The molecule has 4 nitrogen and oxygen atoms in total. The van der Waals surface area contributed by atoms with Gasteiger partial charge in [0.15, 0.2) is 0 Å². The minimum Gasteiger partial charge on any atom is -0.309 e. The zero-order chi connectivity index (χ0) is 27.6. The molecule has 5 aromatic carbocycles. The van der Waals surface area contributed by atoms with Gasteiger partial charge in [0, 0.05) is 50.6 Å². The maximum absolute atomic E-state index is 5.12. The lowest BCUT2D eigenvalue weighted by molar-refractivity contribution is 1.08. The van der Waals surface area contributed by atoms with Gasteiger partial charge in [0.2, 0.25) is 0 Å². The van der Waals surface area contributed by atoms with E-state index in [2.05, 4.69) is 135 Å². The van der Waals surface area contributed by atoms with Gasteiger partial charge in [-0.3, -0.25) is 9.55 Å². The van der Waals surface area contributed by atoms with E-state index in [1.165, 1.54) is 43.4 Å². The third kappa shape index (κ3) is 3.29. The van der Waals surface area contributed by atoms with E-state index in [4.69, 9.17) is 4.98 Å². The summed E-state index contributed by atoms with van der Waals surface area (Å²) in [6, 6.07) is 47.5. The van der Waals surface area contributed by atoms with E-state index in [9.17, 15) is 0 Å². The molecule has 0 saturated heterocycles. The molecule has 42 heavy (non-hydrogen) atoms. The summed E-state index contributed by atoms with van der Waals surface area (Å²) >= 11 is 0. The predicted octanol–water partition coefficient (Wildman–Crippen LogP) is 9.49. The number of fused-ring (bicyclic) bond motifs is 8. The van der Waals surface area contributed by atoms with Crippen molar-refractivity contribution in [3.8, 4) is 22.8 Å². The van der Waals surface area contributed by atoms with Crippen LogP contribution in [0.1, 0.15) is 0 Å². The fraction of sp³-hybridized carbons (Fsp3) is 0. The lowest BCUT2D eigenvalue weighted by Gasteiger charge is -2.11. The maximum atomic E-state index is 5.12. The summed E-state index contributed by atoms with van der Waals surface area (Å²) in [4.78, 5) is 9.43. The number of benzene rings is 5. The lowest BCUT2D eigenvalue weighted by Crippen LogP contribution is -1.98. The van der Waals surface area contributed by atoms with Gasteiger partial charge in [0.1, 0.15) is 5.82 Å². The van der Waals surface area contributed by atoms with Crippen molar-refractivity contribution in [3.05, 3.63) is 146 Å². The number of rotatable bonds is 3.